The van der Waals surface area contributed by atoms with E-state index >= 15 is 0 Å². The first-order valence-electron chi connectivity index (χ1n) is 12.6. The number of aromatic nitrogens is 4. The van der Waals surface area contributed by atoms with Gasteiger partial charge >= 0.3 is 6.09 Å². The summed E-state index contributed by atoms with van der Waals surface area (Å²) >= 11 is 0. The van der Waals surface area contributed by atoms with Gasteiger partial charge < -0.3 is 29.8 Å². The summed E-state index contributed by atoms with van der Waals surface area (Å²) in [6.07, 6.45) is 6.93. The first-order chi connectivity index (χ1) is 18.6. The number of amides is 3. The second-order valence-corrected chi connectivity index (χ2v) is 9.70. The van der Waals surface area contributed by atoms with E-state index in [1.807, 2.05) is 6.07 Å². The van der Waals surface area contributed by atoms with E-state index < -0.39 is 23.6 Å². The molecule has 1 atom stereocenters. The molecule has 3 aromatic heterocycles. The number of imidazole rings is 1. The maximum absolute atomic E-state index is 13.2. The predicted molar refractivity (Wildman–Crippen MR) is 147 cm³/mol. The number of ether oxygens (including phenoxy) is 1. The number of alkyl carbamates (subject to hydrolysis) is 1. The molecule has 12 nitrogen and oxygen atoms in total. The summed E-state index contributed by atoms with van der Waals surface area (Å²) in [6, 6.07) is 4.09. The van der Waals surface area contributed by atoms with Gasteiger partial charge in [-0.3, -0.25) is 14.4 Å². The SMILES string of the molecule is COC(=O)N[C@@H](CC/C=C/C(=O)N(C)C)C(=O)Nc1cccn(Cc2nc3nccc(CC(C)C)c3[nH]2)c1=O. The fourth-order valence-electron chi connectivity index (χ4n) is 3.90. The standard InChI is InChI=1S/C27H35N7O5/c1-17(2)15-18-12-13-28-24-23(18)31-21(32-24)16-34-14-8-10-20(26(34)37)29-25(36)19(30-27(38)39-5)9-6-7-11-22(35)33(3)4/h7-8,10-14,17,19H,6,9,15-16H2,1-5H3,(H,29,36)(H,30,38)(H,28,31,32)/b11-7+/t19-/m0/s1. The average molecular weight is 538 g/mol. The highest BCUT2D eigenvalue weighted by Crippen LogP contribution is 2.18. The fraction of sp³-hybridized carbons (Fsp3) is 0.407. The summed E-state index contributed by atoms with van der Waals surface area (Å²) in [5, 5.41) is 5.08. The van der Waals surface area contributed by atoms with Gasteiger partial charge in [0.1, 0.15) is 17.6 Å². The van der Waals surface area contributed by atoms with Crippen molar-refractivity contribution in [2.24, 2.45) is 5.92 Å². The lowest BCUT2D eigenvalue weighted by Gasteiger charge is -2.17. The first-order valence-corrected chi connectivity index (χ1v) is 12.6. The molecule has 0 unspecified atom stereocenters. The molecule has 3 amide bonds. The maximum Gasteiger partial charge on any atom is 0.407 e. The zero-order valence-corrected chi connectivity index (χ0v) is 22.9. The van der Waals surface area contributed by atoms with Gasteiger partial charge in [0.25, 0.3) is 5.56 Å². The zero-order valence-electron chi connectivity index (χ0n) is 22.9. The summed E-state index contributed by atoms with van der Waals surface area (Å²) in [5.41, 5.74) is 2.14. The molecule has 3 N–H and O–H groups in total. The number of fused-ring (bicyclic) bond motifs is 1. The van der Waals surface area contributed by atoms with Crippen molar-refractivity contribution in [2.75, 3.05) is 26.5 Å². The smallest absolute Gasteiger partial charge is 0.407 e. The van der Waals surface area contributed by atoms with Crippen LogP contribution in [0.3, 0.4) is 0 Å². The molecule has 3 aromatic rings. The Kier molecular flexibility index (Phi) is 9.96. The number of likely N-dealkylation sites (N-methyl/N-ethyl adjacent to an activating group) is 1. The van der Waals surface area contributed by atoms with Crippen LogP contribution in [0.5, 0.6) is 0 Å². The predicted octanol–water partition coefficient (Wildman–Crippen LogP) is 2.45. The lowest BCUT2D eigenvalue weighted by molar-refractivity contribution is -0.123. The van der Waals surface area contributed by atoms with Crippen LogP contribution < -0.4 is 16.2 Å². The third-order valence-corrected chi connectivity index (χ3v) is 5.87. The summed E-state index contributed by atoms with van der Waals surface area (Å²) in [4.78, 5) is 63.3. The van der Waals surface area contributed by atoms with Crippen LogP contribution in [0.1, 0.15) is 38.1 Å². The second kappa shape index (κ2) is 13.4. The number of rotatable bonds is 11. The van der Waals surface area contributed by atoms with Gasteiger partial charge in [0, 0.05) is 26.5 Å². The van der Waals surface area contributed by atoms with Crippen LogP contribution in [0.4, 0.5) is 10.5 Å². The van der Waals surface area contributed by atoms with E-state index in [1.54, 1.807) is 38.6 Å². The Hall–Kier alpha value is -4.48. The quantitative estimate of drug-likeness (QED) is 0.318. The molecule has 0 bridgehead atoms. The lowest BCUT2D eigenvalue weighted by Crippen LogP contribution is -2.44. The number of nitrogens with one attached hydrogen (secondary N) is 3. The molecule has 0 spiro atoms. The molecule has 0 saturated carbocycles. The van der Waals surface area contributed by atoms with Gasteiger partial charge in [-0.25, -0.2) is 14.8 Å². The fourth-order valence-corrected chi connectivity index (χ4v) is 3.90. The number of anilines is 1. The van der Waals surface area contributed by atoms with Crippen LogP contribution in [0.15, 0.2) is 47.5 Å². The molecule has 0 aliphatic carbocycles. The molecule has 3 heterocycles. The molecule has 0 aliphatic rings. The minimum Gasteiger partial charge on any atom is -0.453 e. The lowest BCUT2D eigenvalue weighted by atomic mass is 10.0. The molecular formula is C27H35N7O5. The molecular weight excluding hydrogens is 502 g/mol. The van der Waals surface area contributed by atoms with E-state index in [-0.39, 0.29) is 24.6 Å². The molecule has 0 radical (unpaired) electrons. The van der Waals surface area contributed by atoms with E-state index in [4.69, 9.17) is 0 Å². The maximum atomic E-state index is 13.2. The number of carbonyl (C=O) groups excluding carboxylic acids is 3. The molecule has 3 rings (SSSR count). The van der Waals surface area contributed by atoms with Crippen molar-refractivity contribution in [1.29, 1.82) is 0 Å². The van der Waals surface area contributed by atoms with Crippen molar-refractivity contribution in [1.82, 2.24) is 29.7 Å². The van der Waals surface area contributed by atoms with Gasteiger partial charge in [-0.15, -0.1) is 0 Å². The van der Waals surface area contributed by atoms with Crippen LogP contribution in [0, 0.1) is 5.92 Å². The molecule has 0 fully saturated rings. The number of methoxy groups -OCH3 is 1. The summed E-state index contributed by atoms with van der Waals surface area (Å²) in [5.74, 6) is 0.231. The zero-order chi connectivity index (χ0) is 28.5. The number of hydrogen-bond acceptors (Lipinski definition) is 7. The Morgan fingerprint density at radius 3 is 2.69 bits per heavy atom. The highest BCUT2D eigenvalue weighted by atomic mass is 16.5. The Labute approximate surface area is 226 Å². The largest absolute Gasteiger partial charge is 0.453 e. The first kappa shape index (κ1) is 29.1. The van der Waals surface area contributed by atoms with Gasteiger partial charge in [0.05, 0.1) is 19.2 Å². The third-order valence-electron chi connectivity index (χ3n) is 5.87. The van der Waals surface area contributed by atoms with Crippen molar-refractivity contribution in [2.45, 2.75) is 45.7 Å². The number of H-pyrrole nitrogens is 1. The molecule has 39 heavy (non-hydrogen) atoms. The average Bonchev–Trinajstić information content (AvgIpc) is 3.31. The van der Waals surface area contributed by atoms with Crippen molar-refractivity contribution in [3.63, 3.8) is 0 Å². The number of hydrogen-bond donors (Lipinski definition) is 3. The minimum atomic E-state index is -0.995. The Bertz CT molecular complexity index is 1410. The summed E-state index contributed by atoms with van der Waals surface area (Å²) < 4.78 is 6.05. The van der Waals surface area contributed by atoms with Crippen LogP contribution in [0.2, 0.25) is 0 Å². The van der Waals surface area contributed by atoms with Gasteiger partial charge in [0.15, 0.2) is 5.65 Å². The molecule has 12 heteroatoms. The number of carbonyl (C=O) groups is 3. The third kappa shape index (κ3) is 8.00. The number of nitrogens with zero attached hydrogens (tertiary/aromatic N) is 4. The summed E-state index contributed by atoms with van der Waals surface area (Å²) in [6.45, 7) is 4.42. The van der Waals surface area contributed by atoms with E-state index in [2.05, 4.69) is 44.2 Å². The monoisotopic (exact) mass is 537 g/mol. The Morgan fingerprint density at radius 1 is 1.23 bits per heavy atom. The highest BCUT2D eigenvalue weighted by Gasteiger charge is 2.22. The van der Waals surface area contributed by atoms with Gasteiger partial charge in [0.2, 0.25) is 11.8 Å². The van der Waals surface area contributed by atoms with Crippen LogP contribution in [0.25, 0.3) is 11.2 Å². The molecule has 0 saturated heterocycles. The normalized spacial score (nSPS) is 12.1. The van der Waals surface area contributed by atoms with Crippen molar-refractivity contribution < 1.29 is 19.1 Å². The molecule has 0 aromatic carbocycles. The Morgan fingerprint density at radius 2 is 2.00 bits per heavy atom. The van der Waals surface area contributed by atoms with Gasteiger partial charge in [-0.1, -0.05) is 19.9 Å². The van der Waals surface area contributed by atoms with Gasteiger partial charge in [-0.05, 0) is 55.0 Å². The summed E-state index contributed by atoms with van der Waals surface area (Å²) in [7, 11) is 4.45. The second-order valence-electron chi connectivity index (χ2n) is 9.70. The molecule has 0 aliphatic heterocycles. The molecule has 208 valence electrons. The van der Waals surface area contributed by atoms with Crippen molar-refractivity contribution in [3.05, 3.63) is 64.5 Å². The highest BCUT2D eigenvalue weighted by molar-refractivity contribution is 5.96. The van der Waals surface area contributed by atoms with E-state index in [1.165, 1.54) is 28.7 Å². The number of pyridine rings is 2. The topological polar surface area (TPSA) is 151 Å². The van der Waals surface area contributed by atoms with Crippen molar-refractivity contribution >= 4 is 34.8 Å². The van der Waals surface area contributed by atoms with E-state index in [0.717, 1.165) is 17.5 Å². The van der Waals surface area contributed by atoms with Gasteiger partial charge in [-0.2, -0.15) is 0 Å². The number of aromatic amines is 1. The minimum absolute atomic E-state index is 0.0484. The van der Waals surface area contributed by atoms with E-state index in [9.17, 15) is 19.2 Å². The van der Waals surface area contributed by atoms with Crippen molar-refractivity contribution in [3.8, 4) is 0 Å². The number of allylic oxidation sites excluding steroid dienone is 1. The van der Waals surface area contributed by atoms with Crippen LogP contribution in [-0.4, -0.2) is 69.6 Å². The van der Waals surface area contributed by atoms with Crippen LogP contribution >= 0.6 is 0 Å². The van der Waals surface area contributed by atoms with Crippen LogP contribution in [-0.2, 0) is 27.3 Å². The Balaban J connectivity index is 1.75. The van der Waals surface area contributed by atoms with E-state index in [0.29, 0.717) is 23.8 Å².